The Morgan fingerprint density at radius 2 is 1.96 bits per heavy atom. The highest BCUT2D eigenvalue weighted by Crippen LogP contribution is 2.44. The molecule has 1 aliphatic carbocycles. The van der Waals surface area contributed by atoms with E-state index in [0.717, 1.165) is 5.56 Å². The van der Waals surface area contributed by atoms with Crippen molar-refractivity contribution in [1.29, 1.82) is 0 Å². The Hall–Kier alpha value is -2.27. The number of esters is 1. The molecule has 0 amide bonds. The first-order valence-corrected chi connectivity index (χ1v) is 8.66. The third-order valence-electron chi connectivity index (χ3n) is 4.25. The molecule has 0 fully saturated rings. The molecule has 1 aromatic rings. The summed E-state index contributed by atoms with van der Waals surface area (Å²) in [5.41, 5.74) is 7.48. The summed E-state index contributed by atoms with van der Waals surface area (Å²) < 4.78 is 11.0. The number of nitrogens with two attached hydrogens (primary N) is 1. The van der Waals surface area contributed by atoms with Crippen molar-refractivity contribution in [2.45, 2.75) is 45.1 Å². The summed E-state index contributed by atoms with van der Waals surface area (Å²) in [5.74, 6) is -0.644. The van der Waals surface area contributed by atoms with Crippen LogP contribution < -0.4 is 5.73 Å². The van der Waals surface area contributed by atoms with Crippen LogP contribution in [0.15, 0.2) is 47.1 Å². The van der Waals surface area contributed by atoms with Crippen LogP contribution in [0.2, 0.25) is 5.02 Å². The zero-order valence-electron chi connectivity index (χ0n) is 14.2. The minimum absolute atomic E-state index is 0.000880. The normalized spacial score (nSPS) is 20.5. The second kappa shape index (κ2) is 6.92. The van der Waals surface area contributed by atoms with Crippen LogP contribution in [0.25, 0.3) is 0 Å². The fourth-order valence-electron chi connectivity index (χ4n) is 3.22. The van der Waals surface area contributed by atoms with Crippen LogP contribution in [0.4, 0.5) is 0 Å². The Morgan fingerprint density at radius 1 is 1.28 bits per heavy atom. The number of hydrogen-bond acceptors (Lipinski definition) is 5. The molecule has 0 spiro atoms. The van der Waals surface area contributed by atoms with Crippen molar-refractivity contribution in [2.75, 3.05) is 0 Å². The third-order valence-corrected chi connectivity index (χ3v) is 4.50. The van der Waals surface area contributed by atoms with Crippen LogP contribution in [-0.4, -0.2) is 17.9 Å². The predicted octanol–water partition coefficient (Wildman–Crippen LogP) is 3.58. The van der Waals surface area contributed by atoms with Gasteiger partial charge < -0.3 is 15.2 Å². The van der Waals surface area contributed by atoms with Gasteiger partial charge in [0.15, 0.2) is 5.78 Å². The van der Waals surface area contributed by atoms with Gasteiger partial charge in [0.1, 0.15) is 11.3 Å². The number of halogens is 1. The molecule has 1 aromatic carbocycles. The molecule has 0 aromatic heterocycles. The van der Waals surface area contributed by atoms with E-state index in [4.69, 9.17) is 26.8 Å². The number of carbonyl (C=O) groups is 2. The van der Waals surface area contributed by atoms with E-state index in [2.05, 4.69) is 0 Å². The Kier molecular flexibility index (Phi) is 4.86. The number of allylic oxidation sites excluding steroid dienone is 2. The molecule has 0 radical (unpaired) electrons. The first kappa shape index (κ1) is 17.5. The van der Waals surface area contributed by atoms with Gasteiger partial charge in [0.2, 0.25) is 5.88 Å². The van der Waals surface area contributed by atoms with Crippen molar-refractivity contribution in [3.63, 3.8) is 0 Å². The monoisotopic (exact) mass is 361 g/mol. The zero-order chi connectivity index (χ0) is 18.1. The molecule has 0 saturated heterocycles. The zero-order valence-corrected chi connectivity index (χ0v) is 14.9. The van der Waals surface area contributed by atoms with Gasteiger partial charge in [-0.25, -0.2) is 4.79 Å². The minimum atomic E-state index is -0.597. The van der Waals surface area contributed by atoms with Gasteiger partial charge in [-0.15, -0.1) is 0 Å². The minimum Gasteiger partial charge on any atom is -0.459 e. The van der Waals surface area contributed by atoms with Crippen molar-refractivity contribution >= 4 is 23.4 Å². The summed E-state index contributed by atoms with van der Waals surface area (Å²) in [6.45, 7) is 3.51. The number of hydrogen-bond donors (Lipinski definition) is 1. The Balaban J connectivity index is 2.13. The van der Waals surface area contributed by atoms with E-state index < -0.39 is 11.9 Å². The van der Waals surface area contributed by atoms with Gasteiger partial charge in [-0.2, -0.15) is 0 Å². The van der Waals surface area contributed by atoms with E-state index >= 15 is 0 Å². The lowest BCUT2D eigenvalue weighted by Gasteiger charge is -2.32. The number of ketones is 1. The molecular weight excluding hydrogens is 342 g/mol. The van der Waals surface area contributed by atoms with Crippen LogP contribution in [0.1, 0.15) is 44.6 Å². The molecule has 1 aliphatic heterocycles. The number of Topliss-reactive ketones (excluding diaryl/α,β-unsaturated/α-hetero) is 1. The quantitative estimate of drug-likeness (QED) is 0.832. The highest BCUT2D eigenvalue weighted by atomic mass is 35.5. The third kappa shape index (κ3) is 3.42. The van der Waals surface area contributed by atoms with Crippen molar-refractivity contribution in [3.05, 3.63) is 57.6 Å². The van der Waals surface area contributed by atoms with E-state index in [0.29, 0.717) is 35.6 Å². The van der Waals surface area contributed by atoms with Crippen molar-refractivity contribution < 1.29 is 19.1 Å². The molecular formula is C19H20ClNO4. The second-order valence-electron chi connectivity index (χ2n) is 6.43. The lowest BCUT2D eigenvalue weighted by Crippen LogP contribution is -2.32. The van der Waals surface area contributed by atoms with E-state index in [-0.39, 0.29) is 23.3 Å². The van der Waals surface area contributed by atoms with Gasteiger partial charge in [0.25, 0.3) is 0 Å². The topological polar surface area (TPSA) is 78.6 Å². The number of rotatable bonds is 3. The summed E-state index contributed by atoms with van der Waals surface area (Å²) in [6, 6.07) is 7.03. The molecule has 0 unspecified atom stereocenters. The standard InChI is InChI=1S/C19H20ClNO4/c1-10(2)24-19(23)17-15(11-6-8-12(20)9-7-11)16-13(22)4-3-5-14(16)25-18(17)21/h6-10,15H,3-5,21H2,1-2H3/t15-/m0/s1. The lowest BCUT2D eigenvalue weighted by atomic mass is 9.77. The second-order valence-corrected chi connectivity index (χ2v) is 6.87. The largest absolute Gasteiger partial charge is 0.459 e. The van der Waals surface area contributed by atoms with Crippen LogP contribution >= 0.6 is 11.6 Å². The summed E-state index contributed by atoms with van der Waals surface area (Å²) in [6.07, 6.45) is 1.46. The van der Waals surface area contributed by atoms with E-state index in [1.54, 1.807) is 38.1 Å². The first-order chi connectivity index (χ1) is 11.9. The SMILES string of the molecule is CC(C)OC(=O)C1=C(N)OC2=C(C(=O)CCC2)[C@@H]1c1ccc(Cl)cc1. The molecule has 6 heteroatoms. The fraction of sp³-hybridized carbons (Fsp3) is 0.368. The molecule has 132 valence electrons. The summed E-state index contributed by atoms with van der Waals surface area (Å²) >= 11 is 5.98. The molecule has 2 N–H and O–H groups in total. The first-order valence-electron chi connectivity index (χ1n) is 8.28. The van der Waals surface area contributed by atoms with Gasteiger partial charge in [0, 0.05) is 23.4 Å². The summed E-state index contributed by atoms with van der Waals surface area (Å²) in [5, 5.41) is 0.572. The molecule has 1 atom stereocenters. The molecule has 25 heavy (non-hydrogen) atoms. The highest BCUT2D eigenvalue weighted by molar-refractivity contribution is 6.30. The van der Waals surface area contributed by atoms with Crippen molar-refractivity contribution in [1.82, 2.24) is 0 Å². The Labute approximate surface area is 151 Å². The lowest BCUT2D eigenvalue weighted by molar-refractivity contribution is -0.143. The number of benzene rings is 1. The van der Waals surface area contributed by atoms with Gasteiger partial charge >= 0.3 is 5.97 Å². The summed E-state index contributed by atoms with van der Waals surface area (Å²) in [7, 11) is 0. The molecule has 0 saturated carbocycles. The number of carbonyl (C=O) groups excluding carboxylic acids is 2. The maximum atomic E-state index is 12.7. The van der Waals surface area contributed by atoms with Crippen LogP contribution in [0.3, 0.4) is 0 Å². The van der Waals surface area contributed by atoms with Gasteiger partial charge in [0.05, 0.1) is 12.0 Å². The van der Waals surface area contributed by atoms with Gasteiger partial charge in [-0.1, -0.05) is 23.7 Å². The van der Waals surface area contributed by atoms with Crippen LogP contribution in [0, 0.1) is 0 Å². The van der Waals surface area contributed by atoms with Gasteiger partial charge in [-0.05, 0) is 38.0 Å². The van der Waals surface area contributed by atoms with Crippen molar-refractivity contribution in [3.8, 4) is 0 Å². The van der Waals surface area contributed by atoms with E-state index in [9.17, 15) is 9.59 Å². The van der Waals surface area contributed by atoms with Crippen LogP contribution in [0.5, 0.6) is 0 Å². The smallest absolute Gasteiger partial charge is 0.340 e. The average Bonchev–Trinajstić information content (AvgIpc) is 2.53. The predicted molar refractivity (Wildman–Crippen MR) is 93.6 cm³/mol. The maximum absolute atomic E-state index is 12.7. The fourth-order valence-corrected chi connectivity index (χ4v) is 3.35. The Morgan fingerprint density at radius 3 is 2.60 bits per heavy atom. The molecule has 2 aliphatic rings. The molecule has 3 rings (SSSR count). The van der Waals surface area contributed by atoms with Crippen LogP contribution in [-0.2, 0) is 19.1 Å². The molecule has 1 heterocycles. The molecule has 0 bridgehead atoms. The van der Waals surface area contributed by atoms with E-state index in [1.165, 1.54) is 0 Å². The molecule has 5 nitrogen and oxygen atoms in total. The Bertz CT molecular complexity index is 777. The van der Waals surface area contributed by atoms with E-state index in [1.807, 2.05) is 0 Å². The maximum Gasteiger partial charge on any atom is 0.340 e. The average molecular weight is 362 g/mol. The number of ether oxygens (including phenoxy) is 2. The van der Waals surface area contributed by atoms with Gasteiger partial charge in [-0.3, -0.25) is 4.79 Å². The van der Waals surface area contributed by atoms with Crippen molar-refractivity contribution in [2.24, 2.45) is 5.73 Å². The highest BCUT2D eigenvalue weighted by Gasteiger charge is 2.41. The summed E-state index contributed by atoms with van der Waals surface area (Å²) in [4.78, 5) is 25.2.